The first-order chi connectivity index (χ1) is 9.83. The lowest BCUT2D eigenvalue weighted by Crippen LogP contribution is -2.41. The van der Waals surface area contributed by atoms with Crippen LogP contribution in [0.1, 0.15) is 16.8 Å². The molecule has 0 bridgehead atoms. The van der Waals surface area contributed by atoms with Crippen LogP contribution in [0.25, 0.3) is 0 Å². The lowest BCUT2D eigenvalue weighted by molar-refractivity contribution is -0.139. The fourth-order valence-corrected chi connectivity index (χ4v) is 3.01. The molecule has 3 N–H and O–H groups in total. The molecule has 9 heteroatoms. The normalized spacial score (nSPS) is 12.7. The Kier molecular flexibility index (Phi) is 5.82. The van der Waals surface area contributed by atoms with E-state index in [1.165, 1.54) is 18.2 Å². The van der Waals surface area contributed by atoms with Gasteiger partial charge in [-0.3, -0.25) is 4.79 Å². The zero-order valence-corrected chi connectivity index (χ0v) is 12.0. The highest BCUT2D eigenvalue weighted by molar-refractivity contribution is 7.89. The first-order valence-electron chi connectivity index (χ1n) is 5.86. The van der Waals surface area contributed by atoms with Crippen molar-refractivity contribution < 1.29 is 33.0 Å². The molecule has 8 nitrogen and oxygen atoms in total. The van der Waals surface area contributed by atoms with Crippen LogP contribution in [0.4, 0.5) is 0 Å². The summed E-state index contributed by atoms with van der Waals surface area (Å²) >= 11 is 0. The van der Waals surface area contributed by atoms with Gasteiger partial charge < -0.3 is 14.9 Å². The Balaban J connectivity index is 3.19. The van der Waals surface area contributed by atoms with E-state index in [1.54, 1.807) is 0 Å². The van der Waals surface area contributed by atoms with Gasteiger partial charge in [0.2, 0.25) is 10.0 Å². The van der Waals surface area contributed by atoms with Crippen LogP contribution in [0.5, 0.6) is 0 Å². The number of aliphatic hydroxyl groups is 1. The van der Waals surface area contributed by atoms with Gasteiger partial charge in [-0.05, 0) is 18.6 Å². The number of carbonyl (C=O) groups is 2. The van der Waals surface area contributed by atoms with E-state index in [4.69, 9.17) is 10.2 Å². The number of sulfonamides is 1. The van der Waals surface area contributed by atoms with Gasteiger partial charge in [0.05, 0.1) is 17.6 Å². The Bertz CT molecular complexity index is 626. The highest BCUT2D eigenvalue weighted by Crippen LogP contribution is 2.17. The molecule has 1 aromatic carbocycles. The molecule has 0 saturated heterocycles. The van der Waals surface area contributed by atoms with E-state index >= 15 is 0 Å². The van der Waals surface area contributed by atoms with E-state index in [9.17, 15) is 18.0 Å². The quantitative estimate of drug-likeness (QED) is 0.583. The minimum atomic E-state index is -4.26. The summed E-state index contributed by atoms with van der Waals surface area (Å²) in [5.74, 6) is -2.28. The second-order valence-corrected chi connectivity index (χ2v) is 5.69. The largest absolute Gasteiger partial charge is 0.480 e. The third-order valence-corrected chi connectivity index (χ3v) is 4.13. The van der Waals surface area contributed by atoms with Crippen molar-refractivity contribution >= 4 is 22.0 Å². The van der Waals surface area contributed by atoms with Gasteiger partial charge in [-0.1, -0.05) is 12.1 Å². The summed E-state index contributed by atoms with van der Waals surface area (Å²) in [6.45, 7) is -0.502. The van der Waals surface area contributed by atoms with E-state index in [2.05, 4.69) is 4.74 Å². The fraction of sp³-hybridized carbons (Fsp3) is 0.333. The van der Waals surface area contributed by atoms with E-state index < -0.39 is 34.6 Å². The van der Waals surface area contributed by atoms with E-state index in [0.717, 1.165) is 13.2 Å². The Morgan fingerprint density at radius 2 is 1.95 bits per heavy atom. The zero-order valence-electron chi connectivity index (χ0n) is 11.1. The molecular formula is C12H15NO7S. The number of ether oxygens (including phenoxy) is 1. The van der Waals surface area contributed by atoms with E-state index in [0.29, 0.717) is 0 Å². The van der Waals surface area contributed by atoms with Crippen molar-refractivity contribution in [2.75, 3.05) is 13.7 Å². The lowest BCUT2D eigenvalue weighted by atomic mass is 10.2. The van der Waals surface area contributed by atoms with Crippen LogP contribution in [-0.4, -0.2) is 50.3 Å². The Morgan fingerprint density at radius 1 is 1.33 bits per heavy atom. The summed E-state index contributed by atoms with van der Waals surface area (Å²) in [6, 6.07) is 3.76. The summed E-state index contributed by atoms with van der Waals surface area (Å²) in [4.78, 5) is 22.1. The van der Waals surface area contributed by atoms with Crippen LogP contribution in [0, 0.1) is 0 Å². The molecule has 0 spiro atoms. The maximum absolute atomic E-state index is 12.2. The molecule has 21 heavy (non-hydrogen) atoms. The number of aliphatic hydroxyl groups excluding tert-OH is 1. The third kappa shape index (κ3) is 4.25. The number of methoxy groups -OCH3 is 1. The van der Waals surface area contributed by atoms with Crippen LogP contribution in [-0.2, 0) is 19.6 Å². The summed E-state index contributed by atoms with van der Waals surface area (Å²) < 4.78 is 30.8. The van der Waals surface area contributed by atoms with Crippen LogP contribution in [0.2, 0.25) is 0 Å². The number of carboxylic acid groups (broad SMARTS) is 1. The molecule has 0 unspecified atom stereocenters. The molecule has 1 rings (SSSR count). The maximum Gasteiger partial charge on any atom is 0.339 e. The smallest absolute Gasteiger partial charge is 0.339 e. The Hall–Kier alpha value is -1.97. The van der Waals surface area contributed by atoms with Gasteiger partial charge in [0.25, 0.3) is 0 Å². The van der Waals surface area contributed by atoms with Gasteiger partial charge in [0.15, 0.2) is 0 Å². The number of hydrogen-bond acceptors (Lipinski definition) is 6. The SMILES string of the molecule is COC(=O)c1ccccc1S(=O)(=O)N[C@H](CCO)C(=O)O. The summed E-state index contributed by atoms with van der Waals surface area (Å²) in [6.07, 6.45) is -0.297. The molecule has 1 atom stereocenters. The standard InChI is InChI=1S/C12H15NO7S/c1-20-12(17)8-4-2-3-5-10(8)21(18,19)13-9(6-7-14)11(15)16/h2-5,9,13-14H,6-7H2,1H3,(H,15,16)/t9-/m1/s1. The minimum absolute atomic E-state index is 0.208. The lowest BCUT2D eigenvalue weighted by Gasteiger charge is -2.15. The van der Waals surface area contributed by atoms with Gasteiger partial charge in [-0.2, -0.15) is 4.72 Å². The summed E-state index contributed by atoms with van der Waals surface area (Å²) in [7, 11) is -3.15. The van der Waals surface area contributed by atoms with Crippen molar-refractivity contribution in [3.8, 4) is 0 Å². The number of nitrogens with one attached hydrogen (secondary N) is 1. The molecule has 116 valence electrons. The van der Waals surface area contributed by atoms with Crippen molar-refractivity contribution in [3.05, 3.63) is 29.8 Å². The predicted molar refractivity (Wildman–Crippen MR) is 71.2 cm³/mol. The highest BCUT2D eigenvalue weighted by atomic mass is 32.2. The van der Waals surface area contributed by atoms with Gasteiger partial charge in [-0.15, -0.1) is 0 Å². The van der Waals surface area contributed by atoms with Crippen molar-refractivity contribution in [3.63, 3.8) is 0 Å². The fourth-order valence-electron chi connectivity index (χ4n) is 1.59. The topological polar surface area (TPSA) is 130 Å². The number of carbonyl (C=O) groups excluding carboxylic acids is 1. The maximum atomic E-state index is 12.2. The second kappa shape index (κ2) is 7.16. The molecule has 0 aliphatic rings. The molecule has 1 aromatic rings. The minimum Gasteiger partial charge on any atom is -0.480 e. The van der Waals surface area contributed by atoms with Gasteiger partial charge in [-0.25, -0.2) is 13.2 Å². The molecule has 0 saturated carbocycles. The van der Waals surface area contributed by atoms with Crippen molar-refractivity contribution in [1.29, 1.82) is 0 Å². The van der Waals surface area contributed by atoms with Crippen LogP contribution < -0.4 is 4.72 Å². The van der Waals surface area contributed by atoms with Crippen LogP contribution in [0.3, 0.4) is 0 Å². The number of hydrogen-bond donors (Lipinski definition) is 3. The summed E-state index contributed by atoms with van der Waals surface area (Å²) in [5, 5.41) is 17.7. The van der Waals surface area contributed by atoms with Gasteiger partial charge >= 0.3 is 11.9 Å². The molecule has 0 heterocycles. The summed E-state index contributed by atoms with van der Waals surface area (Å²) in [5.41, 5.74) is -0.208. The van der Waals surface area contributed by atoms with Gasteiger partial charge in [0, 0.05) is 6.61 Å². The predicted octanol–water partition coefficient (Wildman–Crippen LogP) is -0.413. The molecule has 0 amide bonds. The first kappa shape index (κ1) is 17.1. The van der Waals surface area contributed by atoms with Crippen molar-refractivity contribution in [1.82, 2.24) is 4.72 Å². The monoisotopic (exact) mass is 317 g/mol. The molecule has 0 aliphatic heterocycles. The average Bonchev–Trinajstić information content (AvgIpc) is 2.45. The van der Waals surface area contributed by atoms with E-state index in [1.807, 2.05) is 4.72 Å². The number of esters is 1. The van der Waals surface area contributed by atoms with Crippen molar-refractivity contribution in [2.24, 2.45) is 0 Å². The van der Waals surface area contributed by atoms with Crippen LogP contribution in [0.15, 0.2) is 29.2 Å². The van der Waals surface area contributed by atoms with Crippen LogP contribution >= 0.6 is 0 Å². The Morgan fingerprint density at radius 3 is 2.48 bits per heavy atom. The first-order valence-corrected chi connectivity index (χ1v) is 7.35. The number of benzene rings is 1. The number of aliphatic carboxylic acids is 1. The van der Waals surface area contributed by atoms with Gasteiger partial charge in [0.1, 0.15) is 6.04 Å². The molecule has 0 aliphatic carbocycles. The van der Waals surface area contributed by atoms with E-state index in [-0.39, 0.29) is 16.9 Å². The molecule has 0 fully saturated rings. The Labute approximate surface area is 121 Å². The highest BCUT2D eigenvalue weighted by Gasteiger charge is 2.28. The third-order valence-electron chi connectivity index (χ3n) is 2.60. The average molecular weight is 317 g/mol. The zero-order chi connectivity index (χ0) is 16.0. The second-order valence-electron chi connectivity index (χ2n) is 4.01. The van der Waals surface area contributed by atoms with Crippen molar-refractivity contribution in [2.45, 2.75) is 17.4 Å². The molecule has 0 radical (unpaired) electrons. The number of rotatable bonds is 7. The molecular weight excluding hydrogens is 302 g/mol. The molecule has 0 aromatic heterocycles. The number of carboxylic acids is 1.